The summed E-state index contributed by atoms with van der Waals surface area (Å²) in [7, 11) is 0. The van der Waals surface area contributed by atoms with E-state index in [1.165, 1.54) is 0 Å². The minimum Gasteiger partial charge on any atom is -0.384 e. The van der Waals surface area contributed by atoms with Crippen LogP contribution in [0, 0.1) is 0 Å². The number of carbonyl (C=O) groups excluding carboxylic acids is 1. The lowest BCUT2D eigenvalue weighted by Crippen LogP contribution is -2.42. The van der Waals surface area contributed by atoms with Crippen LogP contribution in [-0.2, 0) is 0 Å². The molecular weight excluding hydrogens is 228 g/mol. The first-order valence-corrected chi connectivity index (χ1v) is 6.50. The minimum absolute atomic E-state index is 0.0960. The van der Waals surface area contributed by atoms with Gasteiger partial charge in [-0.15, -0.1) is 0 Å². The van der Waals surface area contributed by atoms with Crippen LogP contribution in [0.1, 0.15) is 29.6 Å². The van der Waals surface area contributed by atoms with Crippen molar-refractivity contribution in [3.05, 3.63) is 23.9 Å². The van der Waals surface area contributed by atoms with Crippen LogP contribution in [0.5, 0.6) is 0 Å². The van der Waals surface area contributed by atoms with Crippen LogP contribution in [0.4, 0.5) is 5.82 Å². The van der Waals surface area contributed by atoms with Crippen LogP contribution in [0.3, 0.4) is 0 Å². The summed E-state index contributed by atoms with van der Waals surface area (Å²) < 4.78 is 0. The molecule has 3 heterocycles. The number of nitrogens with one attached hydrogen (secondary N) is 1. The molecule has 3 rings (SSSR count). The molecule has 2 bridgehead atoms. The fourth-order valence-corrected chi connectivity index (χ4v) is 2.99. The maximum Gasteiger partial charge on any atom is 0.255 e. The van der Waals surface area contributed by atoms with E-state index in [9.17, 15) is 4.79 Å². The van der Waals surface area contributed by atoms with Crippen LogP contribution in [0.2, 0.25) is 0 Å². The molecule has 1 amide bonds. The van der Waals surface area contributed by atoms with Gasteiger partial charge in [-0.3, -0.25) is 4.79 Å². The molecule has 2 atom stereocenters. The molecule has 0 aliphatic carbocycles. The molecule has 18 heavy (non-hydrogen) atoms. The van der Waals surface area contributed by atoms with Crippen molar-refractivity contribution in [1.29, 1.82) is 0 Å². The van der Waals surface area contributed by atoms with Gasteiger partial charge in [-0.2, -0.15) is 0 Å². The van der Waals surface area contributed by atoms with Crippen LogP contribution in [0.25, 0.3) is 0 Å². The Hall–Kier alpha value is -1.62. The van der Waals surface area contributed by atoms with Gasteiger partial charge < -0.3 is 16.0 Å². The number of hydrogen-bond acceptors (Lipinski definition) is 4. The third-order valence-electron chi connectivity index (χ3n) is 3.92. The molecule has 2 aliphatic heterocycles. The second-order valence-corrected chi connectivity index (χ2v) is 5.06. The average molecular weight is 246 g/mol. The Labute approximate surface area is 106 Å². The van der Waals surface area contributed by atoms with Gasteiger partial charge in [0.2, 0.25) is 0 Å². The highest BCUT2D eigenvalue weighted by atomic mass is 16.2. The molecule has 1 aromatic heterocycles. The Bertz CT molecular complexity index is 431. The fraction of sp³-hybridized carbons (Fsp3) is 0.538. The van der Waals surface area contributed by atoms with Crippen molar-refractivity contribution < 1.29 is 4.79 Å². The molecule has 0 unspecified atom stereocenters. The smallest absolute Gasteiger partial charge is 0.255 e. The van der Waals surface area contributed by atoms with Gasteiger partial charge in [-0.1, -0.05) is 0 Å². The summed E-state index contributed by atoms with van der Waals surface area (Å²) in [6.45, 7) is 1.91. The van der Waals surface area contributed by atoms with Gasteiger partial charge in [0.15, 0.2) is 0 Å². The van der Waals surface area contributed by atoms with E-state index in [-0.39, 0.29) is 5.91 Å². The predicted octanol–water partition coefficient (Wildman–Crippen LogP) is 0.630. The van der Waals surface area contributed by atoms with E-state index in [0.717, 1.165) is 32.4 Å². The Balaban J connectivity index is 1.85. The van der Waals surface area contributed by atoms with Crippen LogP contribution in [0.15, 0.2) is 18.3 Å². The Morgan fingerprint density at radius 1 is 1.33 bits per heavy atom. The van der Waals surface area contributed by atoms with Crippen molar-refractivity contribution in [2.24, 2.45) is 0 Å². The van der Waals surface area contributed by atoms with Gasteiger partial charge in [-0.05, 0) is 37.9 Å². The number of anilines is 1. The molecule has 2 saturated heterocycles. The highest BCUT2D eigenvalue weighted by Crippen LogP contribution is 2.29. The fourth-order valence-electron chi connectivity index (χ4n) is 2.99. The van der Waals surface area contributed by atoms with Crippen molar-refractivity contribution in [3.8, 4) is 0 Å². The lowest BCUT2D eigenvalue weighted by molar-refractivity contribution is 0.0680. The molecule has 5 nitrogen and oxygen atoms in total. The number of rotatable bonds is 1. The molecule has 0 saturated carbocycles. The Kier molecular flexibility index (Phi) is 2.91. The molecule has 0 spiro atoms. The summed E-state index contributed by atoms with van der Waals surface area (Å²) in [4.78, 5) is 18.6. The average Bonchev–Trinajstić information content (AvgIpc) is 2.63. The summed E-state index contributed by atoms with van der Waals surface area (Å²) in [5.41, 5.74) is 6.19. The van der Waals surface area contributed by atoms with Crippen molar-refractivity contribution >= 4 is 11.7 Å². The van der Waals surface area contributed by atoms with Crippen molar-refractivity contribution in [3.63, 3.8) is 0 Å². The second kappa shape index (κ2) is 4.57. The summed E-state index contributed by atoms with van der Waals surface area (Å²) >= 11 is 0. The van der Waals surface area contributed by atoms with Crippen LogP contribution >= 0.6 is 0 Å². The zero-order valence-corrected chi connectivity index (χ0v) is 10.3. The first-order valence-electron chi connectivity index (χ1n) is 6.50. The van der Waals surface area contributed by atoms with E-state index in [1.807, 2.05) is 4.90 Å². The molecule has 5 heteroatoms. The SMILES string of the molecule is Nc1ccc(C(=O)N2[C@H]3CCNC[C@@H]2CC3)cn1. The number of nitrogen functional groups attached to an aromatic ring is 1. The van der Waals surface area contributed by atoms with Crippen molar-refractivity contribution in [2.75, 3.05) is 18.8 Å². The van der Waals surface area contributed by atoms with Crippen molar-refractivity contribution in [1.82, 2.24) is 15.2 Å². The molecule has 96 valence electrons. The Morgan fingerprint density at radius 3 is 2.94 bits per heavy atom. The second-order valence-electron chi connectivity index (χ2n) is 5.06. The molecule has 2 aliphatic rings. The summed E-state index contributed by atoms with van der Waals surface area (Å²) in [5.74, 6) is 0.547. The zero-order chi connectivity index (χ0) is 12.5. The van der Waals surface area contributed by atoms with Crippen LogP contribution < -0.4 is 11.1 Å². The van der Waals surface area contributed by atoms with Gasteiger partial charge in [0.25, 0.3) is 5.91 Å². The lowest BCUT2D eigenvalue weighted by Gasteiger charge is -2.27. The maximum atomic E-state index is 12.5. The Morgan fingerprint density at radius 2 is 2.17 bits per heavy atom. The first-order chi connectivity index (χ1) is 8.75. The highest BCUT2D eigenvalue weighted by Gasteiger charge is 2.38. The number of amides is 1. The minimum atomic E-state index is 0.0960. The van der Waals surface area contributed by atoms with Gasteiger partial charge in [0.05, 0.1) is 5.56 Å². The number of pyridine rings is 1. The summed E-state index contributed by atoms with van der Waals surface area (Å²) in [6, 6.07) is 4.17. The zero-order valence-electron chi connectivity index (χ0n) is 10.3. The van der Waals surface area contributed by atoms with Gasteiger partial charge >= 0.3 is 0 Å². The molecule has 0 radical (unpaired) electrons. The maximum absolute atomic E-state index is 12.5. The van der Waals surface area contributed by atoms with Gasteiger partial charge in [-0.25, -0.2) is 4.98 Å². The predicted molar refractivity (Wildman–Crippen MR) is 69.1 cm³/mol. The number of aromatic nitrogens is 1. The normalized spacial score (nSPS) is 27.0. The van der Waals surface area contributed by atoms with Gasteiger partial charge in [0.1, 0.15) is 5.82 Å². The largest absolute Gasteiger partial charge is 0.384 e. The third kappa shape index (κ3) is 1.95. The first kappa shape index (κ1) is 11.5. The highest BCUT2D eigenvalue weighted by molar-refractivity contribution is 5.94. The molecule has 2 fully saturated rings. The van der Waals surface area contributed by atoms with E-state index >= 15 is 0 Å². The topological polar surface area (TPSA) is 71.2 Å². The molecular formula is C13H18N4O. The quantitative estimate of drug-likeness (QED) is 0.762. The van der Waals surface area contributed by atoms with E-state index in [2.05, 4.69) is 10.3 Å². The number of nitrogens with two attached hydrogens (primary N) is 1. The molecule has 3 N–H and O–H groups in total. The van der Waals surface area contributed by atoms with Crippen LogP contribution in [-0.4, -0.2) is 41.0 Å². The summed E-state index contributed by atoms with van der Waals surface area (Å²) in [5, 5.41) is 3.39. The number of nitrogens with zero attached hydrogens (tertiary/aromatic N) is 2. The lowest BCUT2D eigenvalue weighted by atomic mass is 10.1. The summed E-state index contributed by atoms with van der Waals surface area (Å²) in [6.07, 6.45) is 4.85. The van der Waals surface area contributed by atoms with Gasteiger partial charge in [0, 0.05) is 24.8 Å². The monoisotopic (exact) mass is 246 g/mol. The van der Waals surface area contributed by atoms with Crippen molar-refractivity contribution in [2.45, 2.75) is 31.3 Å². The van der Waals surface area contributed by atoms with E-state index < -0.39 is 0 Å². The number of carbonyl (C=O) groups is 1. The number of fused-ring (bicyclic) bond motifs is 2. The molecule has 0 aromatic carbocycles. The standard InChI is InChI=1S/C13H18N4O/c14-12-4-1-9(7-16-12)13(18)17-10-2-3-11(17)8-15-6-5-10/h1,4,7,10-11,15H,2-3,5-6,8H2,(H2,14,16)/t10-,11+/m1/s1. The molecule has 1 aromatic rings. The van der Waals surface area contributed by atoms with E-state index in [4.69, 9.17) is 5.73 Å². The van der Waals surface area contributed by atoms with E-state index in [0.29, 0.717) is 23.5 Å². The van der Waals surface area contributed by atoms with E-state index in [1.54, 1.807) is 18.3 Å². The third-order valence-corrected chi connectivity index (χ3v) is 3.92. The number of hydrogen-bond donors (Lipinski definition) is 2.